The van der Waals surface area contributed by atoms with Crippen molar-refractivity contribution in [2.75, 3.05) is 66.1 Å². The standard InChI is InChI=1S/C27H44O8/c1-2-3-4-5-6-7-8-9-27(29)35-23-21-33-19-17-31-15-14-30-16-18-32-20-22-34-26-12-10-25(24-28)11-13-26/h10-13,24H,2-9,14-23H2,1H3. The van der Waals surface area contributed by atoms with Gasteiger partial charge in [-0.05, 0) is 30.7 Å². The summed E-state index contributed by atoms with van der Waals surface area (Å²) in [4.78, 5) is 22.2. The van der Waals surface area contributed by atoms with Crippen LogP contribution in [0.25, 0.3) is 0 Å². The quantitative estimate of drug-likeness (QED) is 0.110. The molecule has 1 aromatic carbocycles. The molecule has 8 heteroatoms. The maximum Gasteiger partial charge on any atom is 0.305 e. The van der Waals surface area contributed by atoms with Crippen molar-refractivity contribution in [3.63, 3.8) is 0 Å². The number of ether oxygens (including phenoxy) is 6. The average Bonchev–Trinajstić information content (AvgIpc) is 2.88. The van der Waals surface area contributed by atoms with Crippen LogP contribution in [-0.4, -0.2) is 78.3 Å². The molecule has 35 heavy (non-hydrogen) atoms. The van der Waals surface area contributed by atoms with E-state index < -0.39 is 0 Å². The fraction of sp³-hybridized carbons (Fsp3) is 0.704. The zero-order chi connectivity index (χ0) is 25.2. The normalized spacial score (nSPS) is 10.9. The maximum absolute atomic E-state index is 11.6. The van der Waals surface area contributed by atoms with Crippen molar-refractivity contribution in [2.45, 2.75) is 58.3 Å². The molecule has 0 N–H and O–H groups in total. The summed E-state index contributed by atoms with van der Waals surface area (Å²) in [6.07, 6.45) is 9.61. The van der Waals surface area contributed by atoms with Gasteiger partial charge in [0, 0.05) is 12.0 Å². The van der Waals surface area contributed by atoms with Gasteiger partial charge in [0.15, 0.2) is 0 Å². The van der Waals surface area contributed by atoms with Crippen molar-refractivity contribution in [1.82, 2.24) is 0 Å². The molecule has 200 valence electrons. The van der Waals surface area contributed by atoms with E-state index in [1.165, 1.54) is 32.1 Å². The topological polar surface area (TPSA) is 89.5 Å². The predicted molar refractivity (Wildman–Crippen MR) is 134 cm³/mol. The summed E-state index contributed by atoms with van der Waals surface area (Å²) in [5.41, 5.74) is 0.620. The number of hydrogen-bond acceptors (Lipinski definition) is 8. The number of esters is 1. The highest BCUT2D eigenvalue weighted by Crippen LogP contribution is 2.11. The smallest absolute Gasteiger partial charge is 0.305 e. The molecule has 0 aliphatic heterocycles. The second-order valence-corrected chi connectivity index (χ2v) is 8.08. The molecule has 0 saturated carbocycles. The van der Waals surface area contributed by atoms with Gasteiger partial charge in [-0.3, -0.25) is 9.59 Å². The molecule has 0 saturated heterocycles. The van der Waals surface area contributed by atoms with Gasteiger partial charge in [0.1, 0.15) is 25.2 Å². The SMILES string of the molecule is CCCCCCCCCC(=O)OCCOCCOCCOCCOCCOc1ccc(C=O)cc1. The van der Waals surface area contributed by atoms with Crippen molar-refractivity contribution in [1.29, 1.82) is 0 Å². The Morgan fingerprint density at radius 3 is 1.69 bits per heavy atom. The summed E-state index contributed by atoms with van der Waals surface area (Å²) in [6, 6.07) is 6.93. The van der Waals surface area contributed by atoms with Crippen molar-refractivity contribution in [3.05, 3.63) is 29.8 Å². The molecular weight excluding hydrogens is 452 g/mol. The Hall–Kier alpha value is -2.00. The van der Waals surface area contributed by atoms with E-state index >= 15 is 0 Å². The largest absolute Gasteiger partial charge is 0.491 e. The van der Waals surface area contributed by atoms with Crippen LogP contribution in [0.1, 0.15) is 68.6 Å². The predicted octanol–water partition coefficient (Wildman–Crippen LogP) is 4.63. The Morgan fingerprint density at radius 2 is 1.14 bits per heavy atom. The molecule has 0 spiro atoms. The van der Waals surface area contributed by atoms with E-state index in [1.54, 1.807) is 24.3 Å². The van der Waals surface area contributed by atoms with Crippen molar-refractivity contribution < 1.29 is 38.0 Å². The van der Waals surface area contributed by atoms with Crippen molar-refractivity contribution in [2.24, 2.45) is 0 Å². The van der Waals surface area contributed by atoms with Crippen LogP contribution < -0.4 is 4.74 Å². The fourth-order valence-electron chi connectivity index (χ4n) is 3.14. The van der Waals surface area contributed by atoms with E-state index in [-0.39, 0.29) is 12.6 Å². The van der Waals surface area contributed by atoms with E-state index in [2.05, 4.69) is 6.92 Å². The van der Waals surface area contributed by atoms with E-state index in [9.17, 15) is 9.59 Å². The lowest BCUT2D eigenvalue weighted by Crippen LogP contribution is -2.15. The van der Waals surface area contributed by atoms with E-state index in [4.69, 9.17) is 28.4 Å². The van der Waals surface area contributed by atoms with Gasteiger partial charge in [0.05, 0.1) is 52.9 Å². The Bertz CT molecular complexity index is 620. The van der Waals surface area contributed by atoms with E-state index in [0.29, 0.717) is 77.2 Å². The molecule has 0 aliphatic rings. The molecule has 0 unspecified atom stereocenters. The van der Waals surface area contributed by atoms with Crippen LogP contribution >= 0.6 is 0 Å². The summed E-state index contributed by atoms with van der Waals surface area (Å²) in [7, 11) is 0. The molecule has 1 aromatic rings. The van der Waals surface area contributed by atoms with Crippen molar-refractivity contribution >= 4 is 12.3 Å². The second-order valence-electron chi connectivity index (χ2n) is 8.08. The number of carbonyl (C=O) groups excluding carboxylic acids is 2. The van der Waals surface area contributed by atoms with Crippen LogP contribution in [0.15, 0.2) is 24.3 Å². The van der Waals surface area contributed by atoms with Crippen molar-refractivity contribution in [3.8, 4) is 5.75 Å². The zero-order valence-electron chi connectivity index (χ0n) is 21.4. The van der Waals surface area contributed by atoms with Gasteiger partial charge in [-0.1, -0.05) is 45.4 Å². The Kier molecular flexibility index (Phi) is 21.0. The highest BCUT2D eigenvalue weighted by atomic mass is 16.6. The first-order valence-corrected chi connectivity index (χ1v) is 12.9. The molecule has 8 nitrogen and oxygen atoms in total. The number of benzene rings is 1. The Labute approximate surface area is 210 Å². The summed E-state index contributed by atoms with van der Waals surface area (Å²) in [5, 5.41) is 0. The first-order chi connectivity index (χ1) is 17.3. The average molecular weight is 497 g/mol. The van der Waals surface area contributed by atoms with Crippen LogP contribution in [0.4, 0.5) is 0 Å². The Morgan fingerprint density at radius 1 is 0.657 bits per heavy atom. The van der Waals surface area contributed by atoms with Gasteiger partial charge in [0.2, 0.25) is 0 Å². The van der Waals surface area contributed by atoms with Crippen LogP contribution in [-0.2, 0) is 28.5 Å². The fourth-order valence-corrected chi connectivity index (χ4v) is 3.14. The lowest BCUT2D eigenvalue weighted by atomic mass is 10.1. The third-order valence-electron chi connectivity index (χ3n) is 5.10. The molecule has 0 radical (unpaired) electrons. The minimum Gasteiger partial charge on any atom is -0.491 e. The second kappa shape index (κ2) is 23.7. The maximum atomic E-state index is 11.6. The van der Waals surface area contributed by atoms with Crippen LogP contribution in [0, 0.1) is 0 Å². The lowest BCUT2D eigenvalue weighted by Gasteiger charge is -2.09. The number of unbranched alkanes of at least 4 members (excludes halogenated alkanes) is 6. The molecule has 0 aliphatic carbocycles. The molecule has 0 heterocycles. The van der Waals surface area contributed by atoms with E-state index in [1.807, 2.05) is 0 Å². The summed E-state index contributed by atoms with van der Waals surface area (Å²) in [5.74, 6) is 0.564. The summed E-state index contributed by atoms with van der Waals surface area (Å²) >= 11 is 0. The van der Waals surface area contributed by atoms with Gasteiger partial charge in [-0.2, -0.15) is 0 Å². The van der Waals surface area contributed by atoms with Crippen LogP contribution in [0.5, 0.6) is 5.75 Å². The third-order valence-corrected chi connectivity index (χ3v) is 5.10. The molecule has 0 aromatic heterocycles. The molecular formula is C27H44O8. The lowest BCUT2D eigenvalue weighted by molar-refractivity contribution is -0.145. The number of hydrogen-bond donors (Lipinski definition) is 0. The number of carbonyl (C=O) groups is 2. The van der Waals surface area contributed by atoms with Gasteiger partial charge < -0.3 is 28.4 Å². The highest BCUT2D eigenvalue weighted by molar-refractivity contribution is 5.74. The van der Waals surface area contributed by atoms with Gasteiger partial charge >= 0.3 is 5.97 Å². The zero-order valence-corrected chi connectivity index (χ0v) is 21.4. The minimum absolute atomic E-state index is 0.141. The molecule has 0 fully saturated rings. The van der Waals surface area contributed by atoms with Gasteiger partial charge in [0.25, 0.3) is 0 Å². The van der Waals surface area contributed by atoms with E-state index in [0.717, 1.165) is 19.1 Å². The molecule has 0 atom stereocenters. The molecule has 1 rings (SSSR count). The van der Waals surface area contributed by atoms with Crippen LogP contribution in [0.2, 0.25) is 0 Å². The summed E-state index contributed by atoms with van der Waals surface area (Å²) < 4.78 is 32.4. The highest BCUT2D eigenvalue weighted by Gasteiger charge is 2.02. The number of aldehydes is 1. The first kappa shape index (κ1) is 31.0. The first-order valence-electron chi connectivity index (χ1n) is 12.9. The number of rotatable bonds is 25. The monoisotopic (exact) mass is 496 g/mol. The molecule has 0 bridgehead atoms. The summed E-state index contributed by atoms with van der Waals surface area (Å²) in [6.45, 7) is 6.63. The van der Waals surface area contributed by atoms with Gasteiger partial charge in [-0.15, -0.1) is 0 Å². The van der Waals surface area contributed by atoms with Gasteiger partial charge in [-0.25, -0.2) is 0 Å². The Balaban J connectivity index is 1.74. The molecule has 0 amide bonds. The van der Waals surface area contributed by atoms with Crippen LogP contribution in [0.3, 0.4) is 0 Å². The third kappa shape index (κ3) is 19.9. The minimum atomic E-state index is -0.141.